The molecule has 5 rings (SSSR count). The highest BCUT2D eigenvalue weighted by atomic mass is 16.3. The number of hydrogen-bond acceptors (Lipinski definition) is 6. The number of aromatic nitrogens is 3. The van der Waals surface area contributed by atoms with Crippen LogP contribution in [-0.2, 0) is 0 Å². The van der Waals surface area contributed by atoms with E-state index in [1.54, 1.807) is 6.07 Å². The van der Waals surface area contributed by atoms with E-state index in [2.05, 4.69) is 9.80 Å². The van der Waals surface area contributed by atoms with Gasteiger partial charge in [0.15, 0.2) is 11.5 Å². The van der Waals surface area contributed by atoms with Gasteiger partial charge in [-0.25, -0.2) is 4.98 Å². The minimum absolute atomic E-state index is 0.147. The number of β-amino-alcohol motifs (C(OH)–C–C–N with tert-alkyl or cyclic N) is 1. The van der Waals surface area contributed by atoms with Gasteiger partial charge in [0.2, 0.25) is 0 Å². The van der Waals surface area contributed by atoms with Gasteiger partial charge in [-0.1, -0.05) is 36.4 Å². The van der Waals surface area contributed by atoms with E-state index in [9.17, 15) is 4.79 Å². The molecule has 142 valence electrons. The van der Waals surface area contributed by atoms with Crippen LogP contribution in [0.2, 0.25) is 0 Å². The number of aliphatic hydroxyl groups is 1. The molecule has 3 heterocycles. The first-order valence-electron chi connectivity index (χ1n) is 9.55. The third kappa shape index (κ3) is 2.71. The molecular formula is C21H21N5O2. The second-order valence-corrected chi connectivity index (χ2v) is 7.09. The summed E-state index contributed by atoms with van der Waals surface area (Å²) in [5, 5.41) is 16.4. The minimum atomic E-state index is -0.147. The maximum atomic E-state index is 13.1. The van der Waals surface area contributed by atoms with Gasteiger partial charge >= 0.3 is 0 Å². The lowest BCUT2D eigenvalue weighted by Crippen LogP contribution is -2.47. The summed E-state index contributed by atoms with van der Waals surface area (Å²) in [6.07, 6.45) is 0. The SMILES string of the molecule is O=c1c2ccccc2nc2c3ccccc3c(N3CCN(CCO)CC3)nn12. The van der Waals surface area contributed by atoms with E-state index in [0.29, 0.717) is 23.1 Å². The van der Waals surface area contributed by atoms with Crippen molar-refractivity contribution in [3.8, 4) is 0 Å². The van der Waals surface area contributed by atoms with Crippen molar-refractivity contribution < 1.29 is 5.11 Å². The molecule has 0 spiro atoms. The summed E-state index contributed by atoms with van der Waals surface area (Å²) in [7, 11) is 0. The van der Waals surface area contributed by atoms with Crippen LogP contribution in [0.25, 0.3) is 27.3 Å². The van der Waals surface area contributed by atoms with E-state index in [0.717, 1.165) is 42.8 Å². The molecule has 0 saturated carbocycles. The summed E-state index contributed by atoms with van der Waals surface area (Å²) in [5.74, 6) is 0.811. The van der Waals surface area contributed by atoms with Crippen LogP contribution in [0.5, 0.6) is 0 Å². The van der Waals surface area contributed by atoms with Crippen LogP contribution < -0.4 is 10.5 Å². The summed E-state index contributed by atoms with van der Waals surface area (Å²) in [6.45, 7) is 4.19. The lowest BCUT2D eigenvalue weighted by molar-refractivity contribution is 0.188. The van der Waals surface area contributed by atoms with Gasteiger partial charge in [0.1, 0.15) is 0 Å². The largest absolute Gasteiger partial charge is 0.395 e. The highest BCUT2D eigenvalue weighted by Crippen LogP contribution is 2.27. The second-order valence-electron chi connectivity index (χ2n) is 7.09. The Labute approximate surface area is 161 Å². The molecule has 0 bridgehead atoms. The van der Waals surface area contributed by atoms with Gasteiger partial charge in [0.25, 0.3) is 5.56 Å². The molecule has 1 aliphatic rings. The van der Waals surface area contributed by atoms with Crippen LogP contribution in [-0.4, -0.2) is 63.9 Å². The second kappa shape index (κ2) is 6.85. The maximum absolute atomic E-state index is 13.1. The zero-order valence-electron chi connectivity index (χ0n) is 15.5. The Hall–Kier alpha value is -3.03. The Balaban J connectivity index is 1.72. The summed E-state index contributed by atoms with van der Waals surface area (Å²) in [4.78, 5) is 22.3. The van der Waals surface area contributed by atoms with E-state index < -0.39 is 0 Å². The first kappa shape index (κ1) is 17.1. The molecule has 1 saturated heterocycles. The van der Waals surface area contributed by atoms with Gasteiger partial charge in [-0.2, -0.15) is 4.52 Å². The van der Waals surface area contributed by atoms with Crippen molar-refractivity contribution in [3.05, 3.63) is 58.9 Å². The lowest BCUT2D eigenvalue weighted by Gasteiger charge is -2.35. The Morgan fingerprint density at radius 3 is 2.32 bits per heavy atom. The molecule has 0 unspecified atom stereocenters. The number of para-hydroxylation sites is 1. The number of piperazine rings is 1. The third-order valence-corrected chi connectivity index (χ3v) is 5.45. The Morgan fingerprint density at radius 1 is 0.893 bits per heavy atom. The van der Waals surface area contributed by atoms with E-state index in [-0.39, 0.29) is 12.2 Å². The first-order chi connectivity index (χ1) is 13.8. The van der Waals surface area contributed by atoms with E-state index in [1.165, 1.54) is 4.52 Å². The molecule has 1 aliphatic heterocycles. The normalized spacial score (nSPS) is 15.7. The molecule has 1 fully saturated rings. The number of rotatable bonds is 3. The minimum Gasteiger partial charge on any atom is -0.395 e. The highest BCUT2D eigenvalue weighted by molar-refractivity contribution is 6.01. The van der Waals surface area contributed by atoms with Crippen LogP contribution in [0.1, 0.15) is 0 Å². The summed E-state index contributed by atoms with van der Waals surface area (Å²) in [5.41, 5.74) is 1.12. The molecule has 28 heavy (non-hydrogen) atoms. The molecule has 0 amide bonds. The van der Waals surface area contributed by atoms with Gasteiger partial charge in [0, 0.05) is 43.5 Å². The summed E-state index contributed by atoms with van der Waals surface area (Å²) in [6, 6.07) is 15.4. The predicted molar refractivity (Wildman–Crippen MR) is 110 cm³/mol. The molecular weight excluding hydrogens is 354 g/mol. The standard InChI is InChI=1S/C21H21N5O2/c27-14-13-24-9-11-25(12-10-24)20-16-6-2-1-5-15(16)19-22-18-8-4-3-7-17(18)21(28)26(19)23-20/h1-8,27H,9-14H2. The third-order valence-electron chi connectivity index (χ3n) is 5.45. The highest BCUT2D eigenvalue weighted by Gasteiger charge is 2.21. The van der Waals surface area contributed by atoms with Crippen molar-refractivity contribution in [2.24, 2.45) is 0 Å². The predicted octanol–water partition coefficient (Wildman–Crippen LogP) is 1.51. The lowest BCUT2D eigenvalue weighted by atomic mass is 10.1. The average molecular weight is 375 g/mol. The Morgan fingerprint density at radius 2 is 1.57 bits per heavy atom. The average Bonchev–Trinajstić information content (AvgIpc) is 2.75. The maximum Gasteiger partial charge on any atom is 0.282 e. The van der Waals surface area contributed by atoms with Gasteiger partial charge in [-0.05, 0) is 12.1 Å². The Bertz CT molecular complexity index is 1230. The summed E-state index contributed by atoms with van der Waals surface area (Å²) >= 11 is 0. The molecule has 0 radical (unpaired) electrons. The summed E-state index contributed by atoms with van der Waals surface area (Å²) < 4.78 is 1.44. The van der Waals surface area contributed by atoms with E-state index in [1.807, 2.05) is 42.5 Å². The van der Waals surface area contributed by atoms with Crippen LogP contribution >= 0.6 is 0 Å². The van der Waals surface area contributed by atoms with Gasteiger partial charge in [0.05, 0.1) is 17.5 Å². The molecule has 7 heteroatoms. The molecule has 4 aromatic rings. The van der Waals surface area contributed by atoms with E-state index in [4.69, 9.17) is 15.2 Å². The fourth-order valence-corrected chi connectivity index (χ4v) is 3.97. The zero-order chi connectivity index (χ0) is 19.1. The van der Waals surface area contributed by atoms with Gasteiger partial charge < -0.3 is 10.0 Å². The number of hydrogen-bond donors (Lipinski definition) is 1. The topological polar surface area (TPSA) is 74.0 Å². The molecule has 2 aromatic heterocycles. The van der Waals surface area contributed by atoms with Crippen LogP contribution in [0.3, 0.4) is 0 Å². The fraction of sp³-hybridized carbons (Fsp3) is 0.286. The van der Waals surface area contributed by atoms with Crippen molar-refractivity contribution in [2.45, 2.75) is 0 Å². The number of anilines is 1. The van der Waals surface area contributed by atoms with Crippen molar-refractivity contribution in [2.75, 3.05) is 44.2 Å². The number of nitrogens with zero attached hydrogens (tertiary/aromatic N) is 5. The number of benzene rings is 2. The molecule has 0 atom stereocenters. The van der Waals surface area contributed by atoms with Gasteiger partial charge in [-0.3, -0.25) is 9.69 Å². The van der Waals surface area contributed by atoms with Crippen LogP contribution in [0.4, 0.5) is 5.82 Å². The zero-order valence-corrected chi connectivity index (χ0v) is 15.5. The smallest absolute Gasteiger partial charge is 0.282 e. The van der Waals surface area contributed by atoms with Crippen molar-refractivity contribution in [1.82, 2.24) is 19.5 Å². The quantitative estimate of drug-likeness (QED) is 0.432. The molecule has 0 aliphatic carbocycles. The Kier molecular flexibility index (Phi) is 4.18. The first-order valence-corrected chi connectivity index (χ1v) is 9.55. The van der Waals surface area contributed by atoms with Gasteiger partial charge in [-0.15, -0.1) is 5.10 Å². The van der Waals surface area contributed by atoms with Crippen LogP contribution in [0, 0.1) is 0 Å². The number of fused-ring (bicyclic) bond motifs is 4. The fourth-order valence-electron chi connectivity index (χ4n) is 3.97. The van der Waals surface area contributed by atoms with Crippen molar-refractivity contribution in [3.63, 3.8) is 0 Å². The molecule has 2 aromatic carbocycles. The van der Waals surface area contributed by atoms with Crippen molar-refractivity contribution in [1.29, 1.82) is 0 Å². The van der Waals surface area contributed by atoms with Crippen molar-refractivity contribution >= 4 is 33.1 Å². The number of aliphatic hydroxyl groups excluding tert-OH is 1. The van der Waals surface area contributed by atoms with E-state index >= 15 is 0 Å². The van der Waals surface area contributed by atoms with Crippen LogP contribution in [0.15, 0.2) is 53.3 Å². The monoisotopic (exact) mass is 375 g/mol. The molecule has 1 N–H and O–H groups in total. The molecule has 7 nitrogen and oxygen atoms in total.